The van der Waals surface area contributed by atoms with E-state index in [4.69, 9.17) is 15.2 Å². The minimum Gasteiger partial charge on any atom is -0.454 e. The van der Waals surface area contributed by atoms with Crippen molar-refractivity contribution in [3.05, 3.63) is 18.2 Å². The monoisotopic (exact) mass is 247 g/mol. The minimum atomic E-state index is -1.68. The zero-order valence-electron chi connectivity index (χ0n) is 9.25. The van der Waals surface area contributed by atoms with Gasteiger partial charge in [-0.3, -0.25) is 5.10 Å². The predicted octanol–water partition coefficient (Wildman–Crippen LogP) is -0.933. The number of nitrogen functional groups attached to an aromatic ring is 1. The summed E-state index contributed by atoms with van der Waals surface area (Å²) in [6.07, 6.45) is 0. The molecule has 0 aliphatic carbocycles. The zero-order valence-corrected chi connectivity index (χ0v) is 9.25. The molecule has 0 bridgehead atoms. The van der Waals surface area contributed by atoms with Gasteiger partial charge in [-0.05, 0) is 12.1 Å². The fraction of sp³-hybridized carbons (Fsp3) is 0.100. The number of fused-ring (bicyclic) bond motifs is 1. The molecule has 0 radical (unpaired) electrons. The van der Waals surface area contributed by atoms with Gasteiger partial charge in [0.25, 0.3) is 0 Å². The van der Waals surface area contributed by atoms with Crippen LogP contribution in [0.1, 0.15) is 0 Å². The number of benzene rings is 1. The van der Waals surface area contributed by atoms with Crippen LogP contribution in [-0.2, 0) is 0 Å². The summed E-state index contributed by atoms with van der Waals surface area (Å²) < 4.78 is 10.4. The third-order valence-corrected chi connectivity index (χ3v) is 2.72. The number of nitrogens with zero attached hydrogens (tertiary/aromatic N) is 1. The second kappa shape index (κ2) is 3.93. The summed E-state index contributed by atoms with van der Waals surface area (Å²) >= 11 is 0. The highest BCUT2D eigenvalue weighted by molar-refractivity contribution is 6.61. The molecule has 0 saturated heterocycles. The Labute approximate surface area is 102 Å². The molecule has 1 aromatic carbocycles. The number of H-pyrrole nitrogens is 1. The van der Waals surface area contributed by atoms with Gasteiger partial charge in [0.2, 0.25) is 6.79 Å². The van der Waals surface area contributed by atoms with E-state index in [2.05, 4.69) is 10.2 Å². The topological polar surface area (TPSA) is 114 Å². The molecule has 3 rings (SSSR count). The van der Waals surface area contributed by atoms with Gasteiger partial charge in [-0.2, -0.15) is 5.10 Å². The van der Waals surface area contributed by atoms with Gasteiger partial charge in [0.1, 0.15) is 5.82 Å². The maximum absolute atomic E-state index is 9.49. The van der Waals surface area contributed by atoms with Crippen molar-refractivity contribution < 1.29 is 19.5 Å². The van der Waals surface area contributed by atoms with E-state index in [0.29, 0.717) is 28.6 Å². The highest BCUT2D eigenvalue weighted by Gasteiger charge is 2.29. The highest BCUT2D eigenvalue weighted by atomic mass is 16.7. The third kappa shape index (κ3) is 1.59. The van der Waals surface area contributed by atoms with E-state index in [1.165, 1.54) is 0 Å². The Kier molecular flexibility index (Phi) is 2.39. The van der Waals surface area contributed by atoms with Gasteiger partial charge in [-0.25, -0.2) is 0 Å². The molecule has 0 spiro atoms. The van der Waals surface area contributed by atoms with E-state index in [0.717, 1.165) is 0 Å². The van der Waals surface area contributed by atoms with Crippen LogP contribution in [0.25, 0.3) is 11.3 Å². The molecule has 1 aliphatic heterocycles. The fourth-order valence-corrected chi connectivity index (χ4v) is 1.96. The zero-order chi connectivity index (χ0) is 12.7. The molecule has 2 aromatic rings. The largest absolute Gasteiger partial charge is 0.493 e. The molecule has 18 heavy (non-hydrogen) atoms. The van der Waals surface area contributed by atoms with Crippen LogP contribution in [0, 0.1) is 0 Å². The molecule has 7 nitrogen and oxygen atoms in total. The van der Waals surface area contributed by atoms with E-state index in [-0.39, 0.29) is 12.3 Å². The van der Waals surface area contributed by atoms with Crippen LogP contribution in [0.15, 0.2) is 18.2 Å². The number of nitrogens with one attached hydrogen (secondary N) is 1. The van der Waals surface area contributed by atoms with Crippen LogP contribution < -0.4 is 20.7 Å². The highest BCUT2D eigenvalue weighted by Crippen LogP contribution is 2.34. The van der Waals surface area contributed by atoms with Crippen LogP contribution in [-0.4, -0.2) is 34.2 Å². The average molecular weight is 247 g/mol. The first-order valence-electron chi connectivity index (χ1n) is 5.26. The van der Waals surface area contributed by atoms with Gasteiger partial charge in [0.15, 0.2) is 11.5 Å². The average Bonchev–Trinajstić information content (AvgIpc) is 2.95. The second-order valence-electron chi connectivity index (χ2n) is 3.84. The number of hydrogen-bond acceptors (Lipinski definition) is 6. The van der Waals surface area contributed by atoms with Crippen molar-refractivity contribution in [3.63, 3.8) is 0 Å². The SMILES string of the molecule is Nc1cc(-c2ccc3c(c2B(O)O)OCO3)[nH]n1. The normalized spacial score (nSPS) is 12.8. The van der Waals surface area contributed by atoms with E-state index < -0.39 is 7.12 Å². The molecule has 1 aromatic heterocycles. The van der Waals surface area contributed by atoms with Crippen LogP contribution in [0.5, 0.6) is 11.5 Å². The number of hydrogen-bond donors (Lipinski definition) is 4. The van der Waals surface area contributed by atoms with Gasteiger partial charge >= 0.3 is 7.12 Å². The molecule has 5 N–H and O–H groups in total. The summed E-state index contributed by atoms with van der Waals surface area (Å²) in [4.78, 5) is 0. The first kappa shape index (κ1) is 10.9. The second-order valence-corrected chi connectivity index (χ2v) is 3.84. The molecule has 0 fully saturated rings. The molecule has 0 atom stereocenters. The lowest BCUT2D eigenvalue weighted by Gasteiger charge is -2.10. The van der Waals surface area contributed by atoms with Gasteiger partial charge in [0, 0.05) is 17.1 Å². The van der Waals surface area contributed by atoms with Gasteiger partial charge in [0.05, 0.1) is 5.69 Å². The Balaban J connectivity index is 2.21. The lowest BCUT2D eigenvalue weighted by Crippen LogP contribution is -2.32. The van der Waals surface area contributed by atoms with Crippen molar-refractivity contribution in [2.24, 2.45) is 0 Å². The Morgan fingerprint density at radius 1 is 1.33 bits per heavy atom. The number of ether oxygens (including phenoxy) is 2. The van der Waals surface area contributed by atoms with Gasteiger partial charge in [-0.1, -0.05) is 0 Å². The fourth-order valence-electron chi connectivity index (χ4n) is 1.96. The molecule has 0 amide bonds. The summed E-state index contributed by atoms with van der Waals surface area (Å²) in [5, 5.41) is 25.5. The number of anilines is 1. The Hall–Kier alpha value is -2.19. The van der Waals surface area contributed by atoms with Crippen molar-refractivity contribution >= 4 is 18.4 Å². The number of nitrogens with two attached hydrogens (primary N) is 1. The molecule has 0 saturated carbocycles. The molecule has 2 heterocycles. The van der Waals surface area contributed by atoms with Crippen molar-refractivity contribution in [1.29, 1.82) is 0 Å². The number of aromatic nitrogens is 2. The predicted molar refractivity (Wildman–Crippen MR) is 64.4 cm³/mol. The molecule has 0 unspecified atom stereocenters. The summed E-state index contributed by atoms with van der Waals surface area (Å²) in [6.45, 7) is 0.0591. The lowest BCUT2D eigenvalue weighted by molar-refractivity contribution is 0.174. The van der Waals surface area contributed by atoms with Crippen molar-refractivity contribution in [2.45, 2.75) is 0 Å². The lowest BCUT2D eigenvalue weighted by atomic mass is 9.75. The van der Waals surface area contributed by atoms with E-state index >= 15 is 0 Å². The van der Waals surface area contributed by atoms with Gasteiger partial charge in [-0.15, -0.1) is 0 Å². The van der Waals surface area contributed by atoms with Crippen LogP contribution in [0.3, 0.4) is 0 Å². The quantitative estimate of drug-likeness (QED) is 0.509. The van der Waals surface area contributed by atoms with Crippen LogP contribution in [0.4, 0.5) is 5.82 Å². The number of rotatable bonds is 2. The Morgan fingerprint density at radius 2 is 2.17 bits per heavy atom. The maximum atomic E-state index is 9.49. The summed E-state index contributed by atoms with van der Waals surface area (Å²) in [7, 11) is -1.68. The van der Waals surface area contributed by atoms with Crippen LogP contribution >= 0.6 is 0 Å². The summed E-state index contributed by atoms with van der Waals surface area (Å²) in [6, 6.07) is 4.99. The molecular formula is C10H10BN3O4. The molecule has 8 heteroatoms. The van der Waals surface area contributed by atoms with Crippen LogP contribution in [0.2, 0.25) is 0 Å². The standard InChI is InChI=1S/C10H10BN3O4/c12-8-3-6(13-14-8)5-1-2-7-10(18-4-17-7)9(5)11(15)16/h1-3,15-16H,4H2,(H3,12,13,14). The van der Waals surface area contributed by atoms with Gasteiger partial charge < -0.3 is 25.3 Å². The Morgan fingerprint density at radius 3 is 2.83 bits per heavy atom. The summed E-state index contributed by atoms with van der Waals surface area (Å²) in [5.41, 5.74) is 6.89. The maximum Gasteiger partial charge on any atom is 0.493 e. The molecular weight excluding hydrogens is 237 g/mol. The number of aromatic amines is 1. The third-order valence-electron chi connectivity index (χ3n) is 2.72. The minimum absolute atomic E-state index is 0.0591. The molecule has 1 aliphatic rings. The van der Waals surface area contributed by atoms with Crippen molar-refractivity contribution in [2.75, 3.05) is 12.5 Å². The van der Waals surface area contributed by atoms with E-state index in [1.54, 1.807) is 18.2 Å². The smallest absolute Gasteiger partial charge is 0.454 e. The van der Waals surface area contributed by atoms with Crippen molar-refractivity contribution in [1.82, 2.24) is 10.2 Å². The Bertz CT molecular complexity index is 599. The first-order valence-corrected chi connectivity index (χ1v) is 5.26. The molecule has 92 valence electrons. The van der Waals surface area contributed by atoms with E-state index in [9.17, 15) is 10.0 Å². The van der Waals surface area contributed by atoms with Crippen molar-refractivity contribution in [3.8, 4) is 22.8 Å². The summed E-state index contributed by atoms with van der Waals surface area (Å²) in [5.74, 6) is 1.13. The first-order chi connectivity index (χ1) is 8.66. The van der Waals surface area contributed by atoms with E-state index in [1.807, 2.05) is 0 Å².